The fourth-order valence-electron chi connectivity index (χ4n) is 1.22. The van der Waals surface area contributed by atoms with E-state index in [1.165, 1.54) is 0 Å². The summed E-state index contributed by atoms with van der Waals surface area (Å²) in [5, 5.41) is 3.45. The lowest BCUT2D eigenvalue weighted by atomic mass is 10.1. The molecule has 110 valence electrons. The van der Waals surface area contributed by atoms with Crippen LogP contribution in [0.25, 0.3) is 0 Å². The average molecular weight is 260 g/mol. The fourth-order valence-corrected chi connectivity index (χ4v) is 1.22. The predicted octanol–water partition coefficient (Wildman–Crippen LogP) is 1.75. The third kappa shape index (κ3) is 8.03. The molecule has 0 fully saturated rings. The molecule has 0 saturated heterocycles. The van der Waals surface area contributed by atoms with Gasteiger partial charge in [0.2, 0.25) is 0 Å². The van der Waals surface area contributed by atoms with Gasteiger partial charge in [0.25, 0.3) is 0 Å². The molecule has 4 heteroatoms. The minimum Gasteiger partial charge on any atom is -0.382 e. The Kier molecular flexibility index (Phi) is 7.37. The van der Waals surface area contributed by atoms with Crippen LogP contribution < -0.4 is 5.32 Å². The molecule has 0 spiro atoms. The summed E-state index contributed by atoms with van der Waals surface area (Å²) in [6.07, 6.45) is 0.0912. The summed E-state index contributed by atoms with van der Waals surface area (Å²) in [7, 11) is 5.86. The van der Waals surface area contributed by atoms with Crippen molar-refractivity contribution < 1.29 is 9.47 Å². The molecule has 4 nitrogen and oxygen atoms in total. The van der Waals surface area contributed by atoms with E-state index < -0.39 is 0 Å². The van der Waals surface area contributed by atoms with Crippen LogP contribution >= 0.6 is 0 Å². The first-order valence-electron chi connectivity index (χ1n) is 6.61. The topological polar surface area (TPSA) is 33.7 Å². The zero-order chi connectivity index (χ0) is 14.4. The van der Waals surface area contributed by atoms with Gasteiger partial charge in [-0.25, -0.2) is 0 Å². The van der Waals surface area contributed by atoms with Crippen molar-refractivity contribution in [3.05, 3.63) is 0 Å². The van der Waals surface area contributed by atoms with Crippen molar-refractivity contribution >= 4 is 0 Å². The number of nitrogens with zero attached hydrogens (tertiary/aromatic N) is 1. The molecule has 0 aromatic rings. The summed E-state index contributed by atoms with van der Waals surface area (Å²) in [6, 6.07) is 0. The van der Waals surface area contributed by atoms with E-state index in [1.807, 2.05) is 0 Å². The maximum absolute atomic E-state index is 5.97. The molecule has 0 radical (unpaired) electrons. The highest BCUT2D eigenvalue weighted by atomic mass is 16.5. The first-order chi connectivity index (χ1) is 8.08. The van der Waals surface area contributed by atoms with Gasteiger partial charge in [0.1, 0.15) is 0 Å². The molecule has 0 aromatic heterocycles. The molecule has 0 aliphatic rings. The Morgan fingerprint density at radius 1 is 1.11 bits per heavy atom. The Balaban J connectivity index is 4.20. The average Bonchev–Trinajstić information content (AvgIpc) is 2.20. The number of methoxy groups -OCH3 is 1. The van der Waals surface area contributed by atoms with Crippen LogP contribution in [0, 0.1) is 0 Å². The summed E-state index contributed by atoms with van der Waals surface area (Å²) < 4.78 is 11.2. The Labute approximate surface area is 113 Å². The number of hydrogen-bond acceptors (Lipinski definition) is 4. The predicted molar refractivity (Wildman–Crippen MR) is 77.1 cm³/mol. The molecule has 0 amide bonds. The minimum absolute atomic E-state index is 0.0354. The van der Waals surface area contributed by atoms with Crippen LogP contribution in [0.3, 0.4) is 0 Å². The molecular weight excluding hydrogens is 228 g/mol. The van der Waals surface area contributed by atoms with Crippen molar-refractivity contribution in [1.82, 2.24) is 10.2 Å². The first kappa shape index (κ1) is 17.8. The van der Waals surface area contributed by atoms with E-state index in [2.05, 4.69) is 58.9 Å². The lowest BCUT2D eigenvalue weighted by Crippen LogP contribution is -2.47. The summed E-state index contributed by atoms with van der Waals surface area (Å²) in [4.78, 5) is 2.17. The van der Waals surface area contributed by atoms with E-state index in [4.69, 9.17) is 9.47 Å². The maximum atomic E-state index is 5.97. The summed E-state index contributed by atoms with van der Waals surface area (Å²) in [6.45, 7) is 12.9. The van der Waals surface area contributed by atoms with E-state index in [0.29, 0.717) is 13.2 Å². The van der Waals surface area contributed by atoms with Gasteiger partial charge >= 0.3 is 0 Å². The van der Waals surface area contributed by atoms with Crippen LogP contribution in [-0.4, -0.2) is 63.0 Å². The van der Waals surface area contributed by atoms with Gasteiger partial charge in [0.15, 0.2) is 0 Å². The van der Waals surface area contributed by atoms with Gasteiger partial charge in [0.05, 0.1) is 19.3 Å². The van der Waals surface area contributed by atoms with Gasteiger partial charge in [-0.15, -0.1) is 0 Å². The minimum atomic E-state index is 0.0354. The molecular formula is C14H32N2O2. The second-order valence-corrected chi connectivity index (χ2v) is 6.73. The highest BCUT2D eigenvalue weighted by Crippen LogP contribution is 2.12. The van der Waals surface area contributed by atoms with Gasteiger partial charge in [0, 0.05) is 24.7 Å². The van der Waals surface area contributed by atoms with Gasteiger partial charge in [-0.2, -0.15) is 0 Å². The van der Waals surface area contributed by atoms with Crippen LogP contribution in [0.5, 0.6) is 0 Å². The monoisotopic (exact) mass is 260 g/mol. The van der Waals surface area contributed by atoms with Crippen molar-refractivity contribution in [2.45, 2.75) is 51.8 Å². The SMILES string of the molecule is COCC(CNC(C)(C)C)OCC(C)(C)N(C)C. The van der Waals surface area contributed by atoms with E-state index in [-0.39, 0.29) is 17.2 Å². The number of rotatable bonds is 8. The molecule has 0 bridgehead atoms. The first-order valence-corrected chi connectivity index (χ1v) is 6.61. The zero-order valence-electron chi connectivity index (χ0n) is 13.5. The van der Waals surface area contributed by atoms with Crippen LogP contribution in [0.4, 0.5) is 0 Å². The number of hydrogen-bond donors (Lipinski definition) is 1. The Hall–Kier alpha value is -0.160. The second-order valence-electron chi connectivity index (χ2n) is 6.73. The molecule has 0 saturated carbocycles. The molecule has 0 aliphatic carbocycles. The Bertz CT molecular complexity index is 222. The van der Waals surface area contributed by atoms with E-state index in [0.717, 1.165) is 6.54 Å². The van der Waals surface area contributed by atoms with Gasteiger partial charge in [-0.3, -0.25) is 0 Å². The third-order valence-electron chi connectivity index (χ3n) is 3.10. The highest BCUT2D eigenvalue weighted by molar-refractivity contribution is 4.78. The molecule has 0 aliphatic heterocycles. The largest absolute Gasteiger partial charge is 0.382 e. The van der Waals surface area contributed by atoms with Crippen molar-refractivity contribution in [2.24, 2.45) is 0 Å². The van der Waals surface area contributed by atoms with E-state index in [1.54, 1.807) is 7.11 Å². The van der Waals surface area contributed by atoms with Crippen molar-refractivity contribution in [3.8, 4) is 0 Å². The third-order valence-corrected chi connectivity index (χ3v) is 3.10. The standard InChI is InChI=1S/C14H32N2O2/c1-13(2,3)15-9-12(10-17-8)18-11-14(4,5)16(6)7/h12,15H,9-11H2,1-8H3. The van der Waals surface area contributed by atoms with Crippen LogP contribution in [-0.2, 0) is 9.47 Å². The smallest absolute Gasteiger partial charge is 0.0933 e. The molecule has 1 unspecified atom stereocenters. The lowest BCUT2D eigenvalue weighted by Gasteiger charge is -2.34. The zero-order valence-corrected chi connectivity index (χ0v) is 13.5. The lowest BCUT2D eigenvalue weighted by molar-refractivity contribution is -0.0431. The Morgan fingerprint density at radius 2 is 1.67 bits per heavy atom. The molecule has 0 rings (SSSR count). The number of nitrogens with one attached hydrogen (secondary N) is 1. The van der Waals surface area contributed by atoms with Crippen LogP contribution in [0.1, 0.15) is 34.6 Å². The van der Waals surface area contributed by atoms with Gasteiger partial charge in [-0.05, 0) is 48.7 Å². The van der Waals surface area contributed by atoms with E-state index in [9.17, 15) is 0 Å². The summed E-state index contributed by atoms with van der Waals surface area (Å²) in [5.41, 5.74) is 0.139. The van der Waals surface area contributed by atoms with Crippen LogP contribution in [0.15, 0.2) is 0 Å². The summed E-state index contributed by atoms with van der Waals surface area (Å²) in [5.74, 6) is 0. The van der Waals surface area contributed by atoms with Gasteiger partial charge < -0.3 is 19.7 Å². The van der Waals surface area contributed by atoms with Crippen molar-refractivity contribution in [1.29, 1.82) is 0 Å². The molecule has 0 aromatic carbocycles. The summed E-state index contributed by atoms with van der Waals surface area (Å²) >= 11 is 0. The van der Waals surface area contributed by atoms with E-state index >= 15 is 0 Å². The second kappa shape index (κ2) is 7.43. The molecule has 18 heavy (non-hydrogen) atoms. The fraction of sp³-hybridized carbons (Fsp3) is 1.00. The van der Waals surface area contributed by atoms with Gasteiger partial charge in [-0.1, -0.05) is 0 Å². The highest BCUT2D eigenvalue weighted by Gasteiger charge is 2.23. The normalized spacial score (nSPS) is 15.2. The molecule has 1 N–H and O–H groups in total. The molecule has 0 heterocycles. The quantitative estimate of drug-likeness (QED) is 0.721. The van der Waals surface area contributed by atoms with Crippen molar-refractivity contribution in [2.75, 3.05) is 41.0 Å². The van der Waals surface area contributed by atoms with Crippen LogP contribution in [0.2, 0.25) is 0 Å². The van der Waals surface area contributed by atoms with Crippen molar-refractivity contribution in [3.63, 3.8) is 0 Å². The number of likely N-dealkylation sites (N-methyl/N-ethyl adjacent to an activating group) is 1. The maximum Gasteiger partial charge on any atom is 0.0933 e. The molecule has 1 atom stereocenters. The number of ether oxygens (including phenoxy) is 2. The Morgan fingerprint density at radius 3 is 2.06 bits per heavy atom.